The lowest BCUT2D eigenvalue weighted by atomic mass is 10.1. The van der Waals surface area contributed by atoms with Gasteiger partial charge in [-0.1, -0.05) is 6.07 Å². The number of hydrogen-bond donors (Lipinski definition) is 1. The molecule has 0 bridgehead atoms. The third-order valence-electron chi connectivity index (χ3n) is 4.66. The molecule has 3 rings (SSSR count). The van der Waals surface area contributed by atoms with Gasteiger partial charge in [-0.3, -0.25) is 4.90 Å². The lowest BCUT2D eigenvalue weighted by Crippen LogP contribution is -3.14. The Bertz CT molecular complexity index is 685. The van der Waals surface area contributed by atoms with E-state index in [0.717, 1.165) is 25.0 Å². The SMILES string of the molecule is CC[NH+]1CCN(Cc2ccc3oc(C(=O)[O-])c(C)c3c2)CC1. The first-order valence-electron chi connectivity index (χ1n) is 7.87. The summed E-state index contributed by atoms with van der Waals surface area (Å²) in [6, 6.07) is 5.92. The summed E-state index contributed by atoms with van der Waals surface area (Å²) >= 11 is 0. The molecule has 0 saturated carbocycles. The number of piperazine rings is 1. The molecule has 0 radical (unpaired) electrons. The number of carbonyl (C=O) groups excluding carboxylic acids is 1. The molecule has 0 unspecified atom stereocenters. The van der Waals surface area contributed by atoms with E-state index >= 15 is 0 Å². The van der Waals surface area contributed by atoms with Gasteiger partial charge >= 0.3 is 0 Å². The summed E-state index contributed by atoms with van der Waals surface area (Å²) in [7, 11) is 0. The zero-order valence-electron chi connectivity index (χ0n) is 13.1. The summed E-state index contributed by atoms with van der Waals surface area (Å²) in [6.07, 6.45) is 0. The molecule has 5 nitrogen and oxygen atoms in total. The number of carbonyl (C=O) groups is 1. The molecular formula is C17H22N2O3. The van der Waals surface area contributed by atoms with Crippen LogP contribution in [0.15, 0.2) is 22.6 Å². The Kier molecular flexibility index (Phi) is 4.18. The van der Waals surface area contributed by atoms with Crippen molar-refractivity contribution < 1.29 is 19.2 Å². The maximum absolute atomic E-state index is 11.0. The molecule has 0 amide bonds. The fraction of sp³-hybridized carbons (Fsp3) is 0.471. The van der Waals surface area contributed by atoms with Gasteiger partial charge in [-0.05, 0) is 31.5 Å². The van der Waals surface area contributed by atoms with Crippen molar-refractivity contribution in [2.45, 2.75) is 20.4 Å². The van der Waals surface area contributed by atoms with Gasteiger partial charge in [0, 0.05) is 30.6 Å². The van der Waals surface area contributed by atoms with Crippen LogP contribution in [-0.4, -0.2) is 43.6 Å². The second-order valence-electron chi connectivity index (χ2n) is 6.05. The second kappa shape index (κ2) is 6.10. The fourth-order valence-corrected chi connectivity index (χ4v) is 3.20. The normalized spacial score (nSPS) is 17.2. The highest BCUT2D eigenvalue weighted by Crippen LogP contribution is 2.26. The average Bonchev–Trinajstić information content (AvgIpc) is 2.85. The number of aromatic carboxylic acids is 1. The second-order valence-corrected chi connectivity index (χ2v) is 6.05. The van der Waals surface area contributed by atoms with Crippen LogP contribution in [0.1, 0.15) is 28.6 Å². The van der Waals surface area contributed by atoms with Crippen LogP contribution in [0.4, 0.5) is 0 Å². The maximum Gasteiger partial charge on any atom is 0.153 e. The molecule has 1 aliphatic heterocycles. The molecule has 2 aromatic rings. The largest absolute Gasteiger partial charge is 0.542 e. The van der Waals surface area contributed by atoms with Gasteiger partial charge in [-0.15, -0.1) is 0 Å². The van der Waals surface area contributed by atoms with E-state index in [1.165, 1.54) is 25.2 Å². The predicted molar refractivity (Wildman–Crippen MR) is 81.8 cm³/mol. The maximum atomic E-state index is 11.0. The number of likely N-dealkylation sites (N-methyl/N-ethyl adjacent to an activating group) is 1. The number of benzene rings is 1. The van der Waals surface area contributed by atoms with Crippen LogP contribution in [-0.2, 0) is 6.54 Å². The Morgan fingerprint density at radius 3 is 2.73 bits per heavy atom. The van der Waals surface area contributed by atoms with Crippen LogP contribution < -0.4 is 10.0 Å². The Morgan fingerprint density at radius 1 is 1.36 bits per heavy atom. The highest BCUT2D eigenvalue weighted by molar-refractivity contribution is 5.94. The Labute approximate surface area is 130 Å². The standard InChI is InChI=1S/C17H22N2O3/c1-3-18-6-8-19(9-7-18)11-13-4-5-15-14(10-13)12(2)16(22-15)17(20)21/h4-5,10H,3,6-9,11H2,1-2H3,(H,20,21). The minimum Gasteiger partial charge on any atom is -0.542 e. The number of quaternary nitrogens is 1. The van der Waals surface area contributed by atoms with Crippen LogP contribution in [0.3, 0.4) is 0 Å². The lowest BCUT2D eigenvalue weighted by molar-refractivity contribution is -0.902. The summed E-state index contributed by atoms with van der Waals surface area (Å²) in [6.45, 7) is 10.7. The highest BCUT2D eigenvalue weighted by Gasteiger charge is 2.19. The average molecular weight is 302 g/mol. The predicted octanol–water partition coefficient (Wildman–Crippen LogP) is -0.175. The van der Waals surface area contributed by atoms with Gasteiger partial charge in [-0.2, -0.15) is 0 Å². The molecule has 1 aromatic carbocycles. The van der Waals surface area contributed by atoms with Gasteiger partial charge in [0.05, 0.1) is 19.6 Å². The van der Waals surface area contributed by atoms with E-state index in [1.807, 2.05) is 18.2 Å². The summed E-state index contributed by atoms with van der Waals surface area (Å²) in [5, 5.41) is 11.9. The molecule has 0 aliphatic carbocycles. The fourth-order valence-electron chi connectivity index (χ4n) is 3.20. The number of rotatable bonds is 4. The zero-order chi connectivity index (χ0) is 15.7. The van der Waals surface area contributed by atoms with E-state index in [1.54, 1.807) is 11.8 Å². The van der Waals surface area contributed by atoms with E-state index in [4.69, 9.17) is 4.42 Å². The van der Waals surface area contributed by atoms with Crippen molar-refractivity contribution in [1.82, 2.24) is 4.90 Å². The Hall–Kier alpha value is -1.85. The molecular weight excluding hydrogens is 280 g/mol. The van der Waals surface area contributed by atoms with Crippen LogP contribution in [0, 0.1) is 6.92 Å². The summed E-state index contributed by atoms with van der Waals surface area (Å²) in [4.78, 5) is 15.2. The van der Waals surface area contributed by atoms with E-state index in [0.29, 0.717) is 11.1 Å². The van der Waals surface area contributed by atoms with Gasteiger partial charge in [0.2, 0.25) is 0 Å². The number of aryl methyl sites for hydroxylation is 1. The molecule has 1 saturated heterocycles. The molecule has 1 N–H and O–H groups in total. The smallest absolute Gasteiger partial charge is 0.153 e. The number of nitrogens with zero attached hydrogens (tertiary/aromatic N) is 1. The first-order valence-corrected chi connectivity index (χ1v) is 7.87. The molecule has 1 fully saturated rings. The van der Waals surface area contributed by atoms with Crippen molar-refractivity contribution in [1.29, 1.82) is 0 Å². The summed E-state index contributed by atoms with van der Waals surface area (Å²) < 4.78 is 5.35. The molecule has 0 spiro atoms. The van der Waals surface area contributed by atoms with Gasteiger partial charge in [0.1, 0.15) is 11.6 Å². The highest BCUT2D eigenvalue weighted by atomic mass is 16.4. The number of carboxylic acid groups (broad SMARTS) is 1. The zero-order valence-corrected chi connectivity index (χ0v) is 13.1. The first-order chi connectivity index (χ1) is 10.6. The van der Waals surface area contributed by atoms with E-state index < -0.39 is 5.97 Å². The van der Waals surface area contributed by atoms with Crippen molar-refractivity contribution in [3.8, 4) is 0 Å². The molecule has 118 valence electrons. The first kappa shape index (κ1) is 15.1. The van der Waals surface area contributed by atoms with Crippen molar-refractivity contribution in [2.75, 3.05) is 32.7 Å². The quantitative estimate of drug-likeness (QED) is 0.851. The van der Waals surface area contributed by atoms with Crippen LogP contribution in [0.2, 0.25) is 0 Å². The van der Waals surface area contributed by atoms with Gasteiger partial charge in [0.15, 0.2) is 5.76 Å². The van der Waals surface area contributed by atoms with Gasteiger partial charge in [-0.25, -0.2) is 0 Å². The minimum absolute atomic E-state index is 0.0627. The molecule has 22 heavy (non-hydrogen) atoms. The van der Waals surface area contributed by atoms with Gasteiger partial charge < -0.3 is 19.2 Å². The van der Waals surface area contributed by atoms with Crippen LogP contribution in [0.25, 0.3) is 11.0 Å². The van der Waals surface area contributed by atoms with Gasteiger partial charge in [0.25, 0.3) is 0 Å². The van der Waals surface area contributed by atoms with E-state index in [9.17, 15) is 9.90 Å². The van der Waals surface area contributed by atoms with Crippen LogP contribution >= 0.6 is 0 Å². The molecule has 5 heteroatoms. The third kappa shape index (κ3) is 2.87. The molecule has 1 aliphatic rings. The molecule has 2 heterocycles. The van der Waals surface area contributed by atoms with Crippen LogP contribution in [0.5, 0.6) is 0 Å². The molecule has 1 aromatic heterocycles. The number of carboxylic acids is 1. The lowest BCUT2D eigenvalue weighted by Gasteiger charge is -2.31. The minimum atomic E-state index is -1.26. The topological polar surface area (TPSA) is 61.0 Å². The van der Waals surface area contributed by atoms with E-state index in [-0.39, 0.29) is 5.76 Å². The monoisotopic (exact) mass is 302 g/mol. The number of hydrogen-bond acceptors (Lipinski definition) is 4. The van der Waals surface area contributed by atoms with Crippen molar-refractivity contribution in [3.63, 3.8) is 0 Å². The third-order valence-corrected chi connectivity index (χ3v) is 4.66. The Balaban J connectivity index is 1.78. The summed E-state index contributed by atoms with van der Waals surface area (Å²) in [5.74, 6) is -1.32. The summed E-state index contributed by atoms with van der Waals surface area (Å²) in [5.41, 5.74) is 2.46. The van der Waals surface area contributed by atoms with Crippen molar-refractivity contribution in [3.05, 3.63) is 35.1 Å². The molecule has 0 atom stereocenters. The van der Waals surface area contributed by atoms with Crippen molar-refractivity contribution in [2.24, 2.45) is 0 Å². The number of furan rings is 1. The number of nitrogens with one attached hydrogen (secondary N) is 1. The number of fused-ring (bicyclic) bond motifs is 1. The van der Waals surface area contributed by atoms with Crippen molar-refractivity contribution >= 4 is 16.9 Å². The Morgan fingerprint density at radius 2 is 2.09 bits per heavy atom. The van der Waals surface area contributed by atoms with E-state index in [2.05, 4.69) is 11.8 Å².